The van der Waals surface area contributed by atoms with Crippen molar-refractivity contribution in [3.8, 4) is 22.6 Å². The maximum Gasteiger partial charge on any atom is 0.227 e. The zero-order chi connectivity index (χ0) is 26.2. The summed E-state index contributed by atoms with van der Waals surface area (Å²) in [7, 11) is 2.04. The summed E-state index contributed by atoms with van der Waals surface area (Å²) in [6.07, 6.45) is 4.76. The molecule has 1 aromatic heterocycles. The van der Waals surface area contributed by atoms with Crippen LogP contribution < -0.4 is 10.2 Å². The van der Waals surface area contributed by atoms with Crippen molar-refractivity contribution in [3.05, 3.63) is 69.7 Å². The van der Waals surface area contributed by atoms with Crippen LogP contribution in [0.2, 0.25) is 10.0 Å². The Bertz CT molecular complexity index is 1450. The number of fused-ring (bicyclic) bond motifs is 1. The minimum Gasteiger partial charge on any atom is -0.434 e. The van der Waals surface area contributed by atoms with Gasteiger partial charge in [0.2, 0.25) is 5.89 Å². The molecule has 3 aromatic carbocycles. The van der Waals surface area contributed by atoms with Gasteiger partial charge in [-0.15, -0.1) is 0 Å². The second-order valence-corrected chi connectivity index (χ2v) is 11.4. The van der Waals surface area contributed by atoms with Crippen LogP contribution in [0.5, 0.6) is 0 Å². The third-order valence-electron chi connectivity index (χ3n) is 8.19. The first-order valence-corrected chi connectivity index (χ1v) is 14.4. The summed E-state index contributed by atoms with van der Waals surface area (Å²) in [4.78, 5) is 9.76. The summed E-state index contributed by atoms with van der Waals surface area (Å²) >= 11 is 13.7. The van der Waals surface area contributed by atoms with E-state index in [1.54, 1.807) is 0 Å². The summed E-state index contributed by atoms with van der Waals surface area (Å²) in [6, 6.07) is 17.3. The van der Waals surface area contributed by atoms with Crippen LogP contribution in [-0.4, -0.2) is 49.2 Å². The second-order valence-electron chi connectivity index (χ2n) is 10.6. The van der Waals surface area contributed by atoms with Crippen molar-refractivity contribution < 1.29 is 4.42 Å². The monoisotopic (exact) mass is 548 g/mol. The fraction of sp³-hybridized carbons (Fsp3) is 0.387. The van der Waals surface area contributed by atoms with Crippen molar-refractivity contribution in [2.75, 3.05) is 38.1 Å². The Morgan fingerprint density at radius 2 is 1.66 bits per heavy atom. The van der Waals surface area contributed by atoms with Crippen LogP contribution in [0.3, 0.4) is 0 Å². The molecule has 4 aromatic rings. The highest BCUT2D eigenvalue weighted by Crippen LogP contribution is 2.41. The van der Waals surface area contributed by atoms with Crippen LogP contribution in [0.15, 0.2) is 52.9 Å². The fourth-order valence-electron chi connectivity index (χ4n) is 5.99. The molecule has 2 saturated heterocycles. The molecule has 198 valence electrons. The maximum atomic E-state index is 7.07. The van der Waals surface area contributed by atoms with Gasteiger partial charge in [0.15, 0.2) is 5.58 Å². The van der Waals surface area contributed by atoms with Crippen LogP contribution in [0.25, 0.3) is 33.7 Å². The Hall–Kier alpha value is -2.57. The first-order valence-electron chi connectivity index (χ1n) is 13.6. The van der Waals surface area contributed by atoms with E-state index in [1.165, 1.54) is 18.4 Å². The molecule has 0 unspecified atom stereocenters. The molecule has 6 rings (SSSR count). The zero-order valence-electron chi connectivity index (χ0n) is 22.1. The highest BCUT2D eigenvalue weighted by Gasteiger charge is 2.23. The van der Waals surface area contributed by atoms with Gasteiger partial charge in [-0.3, -0.25) is 4.90 Å². The lowest BCUT2D eigenvalue weighted by atomic mass is 9.95. The smallest absolute Gasteiger partial charge is 0.227 e. The van der Waals surface area contributed by atoms with Gasteiger partial charge in [0, 0.05) is 36.8 Å². The molecule has 3 heterocycles. The van der Waals surface area contributed by atoms with Gasteiger partial charge in [0.1, 0.15) is 5.52 Å². The van der Waals surface area contributed by atoms with Crippen molar-refractivity contribution >= 4 is 40.0 Å². The topological polar surface area (TPSA) is 44.5 Å². The predicted octanol–water partition coefficient (Wildman–Crippen LogP) is 7.56. The van der Waals surface area contributed by atoms with Crippen LogP contribution in [0.1, 0.15) is 36.8 Å². The van der Waals surface area contributed by atoms with Crippen molar-refractivity contribution in [1.29, 1.82) is 0 Å². The van der Waals surface area contributed by atoms with Crippen molar-refractivity contribution in [2.45, 2.75) is 45.2 Å². The number of benzene rings is 3. The quantitative estimate of drug-likeness (QED) is 0.269. The molecule has 0 amide bonds. The minimum atomic E-state index is 0.577. The molecule has 2 fully saturated rings. The van der Waals surface area contributed by atoms with Gasteiger partial charge >= 0.3 is 0 Å². The lowest BCUT2D eigenvalue weighted by Gasteiger charge is -2.34. The van der Waals surface area contributed by atoms with Crippen molar-refractivity contribution in [1.82, 2.24) is 15.2 Å². The Labute approximate surface area is 234 Å². The van der Waals surface area contributed by atoms with E-state index in [1.807, 2.05) is 19.2 Å². The van der Waals surface area contributed by atoms with E-state index in [4.69, 9.17) is 32.6 Å². The molecule has 0 saturated carbocycles. The molecule has 0 aliphatic carbocycles. The largest absolute Gasteiger partial charge is 0.434 e. The number of likely N-dealkylation sites (tertiary alicyclic amines) is 1. The highest BCUT2D eigenvalue weighted by molar-refractivity contribution is 6.36. The van der Waals surface area contributed by atoms with Gasteiger partial charge in [-0.2, -0.15) is 0 Å². The van der Waals surface area contributed by atoms with Gasteiger partial charge in [-0.1, -0.05) is 47.5 Å². The Morgan fingerprint density at radius 3 is 2.42 bits per heavy atom. The Morgan fingerprint density at radius 1 is 0.947 bits per heavy atom. The summed E-state index contributed by atoms with van der Waals surface area (Å²) in [5, 5.41) is 4.81. The molecule has 0 atom stereocenters. The summed E-state index contributed by atoms with van der Waals surface area (Å²) < 4.78 is 6.25. The average Bonchev–Trinajstić information content (AvgIpc) is 3.60. The number of nitrogens with zero attached hydrogens (tertiary/aromatic N) is 3. The number of hydrogen-bond donors (Lipinski definition) is 1. The number of aromatic nitrogens is 1. The second kappa shape index (κ2) is 10.9. The number of oxazole rings is 1. The van der Waals surface area contributed by atoms with E-state index < -0.39 is 0 Å². The lowest BCUT2D eigenvalue weighted by Crippen LogP contribution is -2.41. The molecule has 1 N–H and O–H groups in total. The predicted molar refractivity (Wildman–Crippen MR) is 158 cm³/mol. The number of piperidine rings is 1. The number of nitrogens with one attached hydrogen (secondary N) is 1. The first kappa shape index (κ1) is 25.7. The van der Waals surface area contributed by atoms with Crippen molar-refractivity contribution in [3.63, 3.8) is 0 Å². The van der Waals surface area contributed by atoms with Crippen LogP contribution in [-0.2, 0) is 6.54 Å². The molecular weight excluding hydrogens is 515 g/mol. The van der Waals surface area contributed by atoms with E-state index in [2.05, 4.69) is 58.4 Å². The summed E-state index contributed by atoms with van der Waals surface area (Å²) in [6.45, 7) is 7.29. The molecule has 38 heavy (non-hydrogen) atoms. The SMILES string of the molecule is CNC1CCN(c2cccc(-c3cccc(-c4nc5cc(CN6CCCC6)cc(Cl)c5o4)c3C)c2Cl)CC1. The first-order chi connectivity index (χ1) is 18.5. The molecule has 0 radical (unpaired) electrons. The van der Waals surface area contributed by atoms with E-state index in [-0.39, 0.29) is 0 Å². The molecular formula is C31H34Cl2N4O. The van der Waals surface area contributed by atoms with Crippen molar-refractivity contribution in [2.24, 2.45) is 0 Å². The Kier molecular flexibility index (Phi) is 7.37. The third-order valence-corrected chi connectivity index (χ3v) is 8.86. The summed E-state index contributed by atoms with van der Waals surface area (Å²) in [5.74, 6) is 0.584. The van der Waals surface area contributed by atoms with E-state index in [0.29, 0.717) is 22.5 Å². The molecule has 2 aliphatic rings. The normalized spacial score (nSPS) is 17.1. The number of hydrogen-bond acceptors (Lipinski definition) is 5. The minimum absolute atomic E-state index is 0.577. The van der Waals surface area contributed by atoms with E-state index in [9.17, 15) is 0 Å². The fourth-order valence-corrected chi connectivity index (χ4v) is 6.61. The molecule has 0 bridgehead atoms. The Balaban J connectivity index is 1.33. The van der Waals surface area contributed by atoms with Gasteiger partial charge in [0.25, 0.3) is 0 Å². The maximum absolute atomic E-state index is 7.07. The van der Waals surface area contributed by atoms with Crippen LogP contribution in [0, 0.1) is 6.92 Å². The average molecular weight is 550 g/mol. The van der Waals surface area contributed by atoms with Crippen LogP contribution in [0.4, 0.5) is 5.69 Å². The standard InChI is InChI=1S/C31H34Cl2N4O/c1-20-23(25-9-6-10-28(29(25)33)37-15-11-22(34-2)12-16-37)7-5-8-24(20)31-35-27-18-21(17-26(32)30(27)38-31)19-36-13-3-4-14-36/h5-10,17-18,22,34H,3-4,11-16,19H2,1-2H3. The summed E-state index contributed by atoms with van der Waals surface area (Å²) in [5.41, 5.74) is 7.87. The van der Waals surface area contributed by atoms with Gasteiger partial charge < -0.3 is 14.6 Å². The molecule has 0 spiro atoms. The van der Waals surface area contributed by atoms with Gasteiger partial charge in [-0.05, 0) is 93.7 Å². The number of anilines is 1. The third kappa shape index (κ3) is 4.93. The number of rotatable bonds is 6. The van der Waals surface area contributed by atoms with Crippen LogP contribution >= 0.6 is 23.2 Å². The highest BCUT2D eigenvalue weighted by atomic mass is 35.5. The number of halogens is 2. The lowest BCUT2D eigenvalue weighted by molar-refractivity contribution is 0.331. The van der Waals surface area contributed by atoms with E-state index >= 15 is 0 Å². The molecule has 2 aliphatic heterocycles. The van der Waals surface area contributed by atoms with Gasteiger partial charge in [0.05, 0.1) is 15.7 Å². The molecule has 5 nitrogen and oxygen atoms in total. The zero-order valence-corrected chi connectivity index (χ0v) is 23.6. The van der Waals surface area contributed by atoms with E-state index in [0.717, 1.165) is 84.0 Å². The molecule has 7 heteroatoms. The van der Waals surface area contributed by atoms with Gasteiger partial charge in [-0.25, -0.2) is 4.98 Å².